The van der Waals surface area contributed by atoms with E-state index in [4.69, 9.17) is 11.6 Å². The summed E-state index contributed by atoms with van der Waals surface area (Å²) in [5.41, 5.74) is 3.42. The highest BCUT2D eigenvalue weighted by Gasteiger charge is 2.26. The van der Waals surface area contributed by atoms with E-state index >= 15 is 0 Å². The number of amides is 1. The zero-order chi connectivity index (χ0) is 13.4. The predicted octanol–water partition coefficient (Wildman–Crippen LogP) is 2.35. The molecule has 6 heteroatoms. The number of nitrogens with zero attached hydrogens (tertiary/aromatic N) is 1. The molecule has 18 heavy (non-hydrogen) atoms. The van der Waals surface area contributed by atoms with E-state index in [2.05, 4.69) is 10.5 Å². The van der Waals surface area contributed by atoms with Gasteiger partial charge in [-0.3, -0.25) is 4.79 Å². The molecule has 0 radical (unpaired) electrons. The lowest BCUT2D eigenvalue weighted by atomic mass is 9.92. The van der Waals surface area contributed by atoms with E-state index in [0.717, 1.165) is 0 Å². The largest absolute Gasteiger partial charge is 0.506 e. The van der Waals surface area contributed by atoms with Crippen molar-refractivity contribution in [3.8, 4) is 5.75 Å². The summed E-state index contributed by atoms with van der Waals surface area (Å²) in [7, 11) is 0. The van der Waals surface area contributed by atoms with Crippen molar-refractivity contribution < 1.29 is 14.3 Å². The van der Waals surface area contributed by atoms with Crippen LogP contribution in [0.25, 0.3) is 0 Å². The monoisotopic (exact) mass is 270 g/mol. The molecule has 4 nitrogen and oxygen atoms in total. The maximum atomic E-state index is 14.0. The number of hydrazone groups is 1. The average molecular weight is 271 g/mol. The van der Waals surface area contributed by atoms with Gasteiger partial charge in [-0.1, -0.05) is 18.5 Å². The quantitative estimate of drug-likeness (QED) is 0.823. The number of halogens is 2. The summed E-state index contributed by atoms with van der Waals surface area (Å²) >= 11 is 5.72. The number of aryl methyl sites for hydroxylation is 1. The summed E-state index contributed by atoms with van der Waals surface area (Å²) in [6, 6.07) is 1.48. The number of nitrogens with one attached hydrogen (secondary N) is 1. The van der Waals surface area contributed by atoms with Gasteiger partial charge in [0.1, 0.15) is 10.8 Å². The molecule has 0 aromatic heterocycles. The van der Waals surface area contributed by atoms with E-state index in [1.807, 2.05) is 0 Å². The van der Waals surface area contributed by atoms with E-state index in [0.29, 0.717) is 11.3 Å². The first-order valence-corrected chi connectivity index (χ1v) is 5.84. The van der Waals surface area contributed by atoms with Crippen molar-refractivity contribution >= 4 is 23.2 Å². The van der Waals surface area contributed by atoms with Crippen molar-refractivity contribution in [1.82, 2.24) is 5.43 Å². The van der Waals surface area contributed by atoms with Crippen LogP contribution < -0.4 is 5.43 Å². The molecular weight excluding hydrogens is 259 g/mol. The van der Waals surface area contributed by atoms with E-state index < -0.39 is 5.82 Å². The molecule has 1 atom stereocenters. The molecule has 0 saturated heterocycles. The Hall–Kier alpha value is -1.62. The second kappa shape index (κ2) is 4.57. The highest BCUT2D eigenvalue weighted by atomic mass is 35.5. The Morgan fingerprint density at radius 1 is 1.61 bits per heavy atom. The van der Waals surface area contributed by atoms with Gasteiger partial charge in [0.2, 0.25) is 5.91 Å². The molecule has 96 valence electrons. The van der Waals surface area contributed by atoms with Crippen molar-refractivity contribution in [2.75, 3.05) is 0 Å². The molecule has 2 rings (SSSR count). The standard InChI is InChI=1S/C12H12ClFN2O2/c1-5-4-8(17)15-16-11(5)7-3-6(2)12(18)9(13)10(7)14/h3,5,18H,4H2,1-2H3,(H,15,17). The first kappa shape index (κ1) is 12.8. The first-order chi connectivity index (χ1) is 8.41. The molecule has 1 aliphatic heterocycles. The zero-order valence-corrected chi connectivity index (χ0v) is 10.7. The fraction of sp³-hybridized carbons (Fsp3) is 0.333. The topological polar surface area (TPSA) is 61.7 Å². The third kappa shape index (κ3) is 2.06. The Bertz CT molecular complexity index is 557. The minimum Gasteiger partial charge on any atom is -0.506 e. The van der Waals surface area contributed by atoms with Crippen LogP contribution in [0.3, 0.4) is 0 Å². The first-order valence-electron chi connectivity index (χ1n) is 5.46. The van der Waals surface area contributed by atoms with Gasteiger partial charge in [0.05, 0.1) is 5.71 Å². The van der Waals surface area contributed by atoms with Crippen molar-refractivity contribution in [2.45, 2.75) is 20.3 Å². The minimum atomic E-state index is -0.721. The van der Waals surface area contributed by atoms with Gasteiger partial charge in [-0.05, 0) is 18.6 Å². The lowest BCUT2D eigenvalue weighted by molar-refractivity contribution is -0.121. The van der Waals surface area contributed by atoms with Crippen LogP contribution in [-0.4, -0.2) is 16.7 Å². The Balaban J connectivity index is 2.55. The number of benzene rings is 1. The Morgan fingerprint density at radius 3 is 2.89 bits per heavy atom. The molecule has 1 amide bonds. The number of phenolic OH excluding ortho intramolecular Hbond substituents is 1. The molecule has 0 aliphatic carbocycles. The third-order valence-electron chi connectivity index (χ3n) is 2.91. The number of hydrogen-bond acceptors (Lipinski definition) is 3. The van der Waals surface area contributed by atoms with Crippen LogP contribution >= 0.6 is 11.6 Å². The summed E-state index contributed by atoms with van der Waals surface area (Å²) in [4.78, 5) is 11.1. The van der Waals surface area contributed by atoms with Crippen LogP contribution in [-0.2, 0) is 4.79 Å². The van der Waals surface area contributed by atoms with Crippen molar-refractivity contribution in [1.29, 1.82) is 0 Å². The van der Waals surface area contributed by atoms with Gasteiger partial charge in [0.15, 0.2) is 5.82 Å². The molecule has 1 heterocycles. The number of aromatic hydroxyl groups is 1. The van der Waals surface area contributed by atoms with Gasteiger partial charge in [0.25, 0.3) is 0 Å². The summed E-state index contributed by atoms with van der Waals surface area (Å²) in [5, 5.41) is 13.1. The van der Waals surface area contributed by atoms with Crippen molar-refractivity contribution in [2.24, 2.45) is 11.0 Å². The molecule has 0 spiro atoms. The van der Waals surface area contributed by atoms with E-state index in [-0.39, 0.29) is 34.6 Å². The van der Waals surface area contributed by atoms with Gasteiger partial charge in [-0.15, -0.1) is 0 Å². The summed E-state index contributed by atoms with van der Waals surface area (Å²) in [5.74, 6) is -1.39. The van der Waals surface area contributed by atoms with Gasteiger partial charge >= 0.3 is 0 Å². The zero-order valence-electron chi connectivity index (χ0n) is 9.92. The van der Waals surface area contributed by atoms with Crippen LogP contribution in [0.4, 0.5) is 4.39 Å². The minimum absolute atomic E-state index is 0.201. The molecule has 0 saturated carbocycles. The Morgan fingerprint density at radius 2 is 2.28 bits per heavy atom. The summed E-state index contributed by atoms with van der Waals surface area (Å²) in [6.45, 7) is 3.41. The second-order valence-electron chi connectivity index (χ2n) is 4.35. The maximum Gasteiger partial charge on any atom is 0.240 e. The fourth-order valence-electron chi connectivity index (χ4n) is 1.91. The van der Waals surface area contributed by atoms with E-state index in [9.17, 15) is 14.3 Å². The molecule has 0 bridgehead atoms. The number of hydrogen-bond donors (Lipinski definition) is 2. The molecule has 2 N–H and O–H groups in total. The molecule has 1 unspecified atom stereocenters. The van der Waals surface area contributed by atoms with Crippen LogP contribution in [0.2, 0.25) is 5.02 Å². The normalized spacial score (nSPS) is 19.4. The van der Waals surface area contributed by atoms with E-state index in [1.54, 1.807) is 13.8 Å². The molecular formula is C12H12ClFN2O2. The van der Waals surface area contributed by atoms with Gasteiger partial charge in [-0.25, -0.2) is 9.82 Å². The average Bonchev–Trinajstić information content (AvgIpc) is 2.32. The smallest absolute Gasteiger partial charge is 0.240 e. The van der Waals surface area contributed by atoms with E-state index in [1.165, 1.54) is 6.07 Å². The lowest BCUT2D eigenvalue weighted by Gasteiger charge is -2.20. The maximum absolute atomic E-state index is 14.0. The molecule has 1 aromatic rings. The Labute approximate surface area is 108 Å². The number of carbonyl (C=O) groups excluding carboxylic acids is 1. The highest BCUT2D eigenvalue weighted by molar-refractivity contribution is 6.32. The van der Waals surface area contributed by atoms with Gasteiger partial charge in [0, 0.05) is 17.9 Å². The SMILES string of the molecule is Cc1cc(C2=NNC(=O)CC2C)c(F)c(Cl)c1O. The van der Waals surface area contributed by atoms with Gasteiger partial charge < -0.3 is 5.11 Å². The number of carbonyl (C=O) groups is 1. The third-order valence-corrected chi connectivity index (χ3v) is 3.25. The number of phenols is 1. The van der Waals surface area contributed by atoms with Gasteiger partial charge in [-0.2, -0.15) is 5.10 Å². The summed E-state index contributed by atoms with van der Waals surface area (Å²) in [6.07, 6.45) is 0.246. The Kier molecular flexibility index (Phi) is 3.26. The van der Waals surface area contributed by atoms with Crippen LogP contribution in [0, 0.1) is 18.7 Å². The van der Waals surface area contributed by atoms with Crippen LogP contribution in [0.1, 0.15) is 24.5 Å². The van der Waals surface area contributed by atoms with Crippen molar-refractivity contribution in [3.63, 3.8) is 0 Å². The molecule has 1 aliphatic rings. The fourth-order valence-corrected chi connectivity index (χ4v) is 2.16. The predicted molar refractivity (Wildman–Crippen MR) is 66.3 cm³/mol. The van der Waals surface area contributed by atoms with Crippen LogP contribution in [0.5, 0.6) is 5.75 Å². The summed E-state index contributed by atoms with van der Waals surface area (Å²) < 4.78 is 14.0. The highest BCUT2D eigenvalue weighted by Crippen LogP contribution is 2.33. The van der Waals surface area contributed by atoms with Crippen molar-refractivity contribution in [3.05, 3.63) is 28.0 Å². The molecule has 1 aromatic carbocycles. The molecule has 0 fully saturated rings. The number of rotatable bonds is 1. The second-order valence-corrected chi connectivity index (χ2v) is 4.73. The van der Waals surface area contributed by atoms with Crippen LogP contribution in [0.15, 0.2) is 11.2 Å². The lowest BCUT2D eigenvalue weighted by Crippen LogP contribution is -2.32.